The largest absolute Gasteiger partial charge is 0.394 e. The van der Waals surface area contributed by atoms with Crippen molar-refractivity contribution in [3.05, 3.63) is 11.8 Å². The fraction of sp³-hybridized carbons (Fsp3) is 0.692. The molecule has 0 spiro atoms. The first-order valence-corrected chi connectivity index (χ1v) is 8.50. The van der Waals surface area contributed by atoms with Gasteiger partial charge in [-0.3, -0.25) is 9.69 Å². The van der Waals surface area contributed by atoms with Crippen LogP contribution in [0.2, 0.25) is 0 Å². The molecule has 1 aliphatic heterocycles. The quantitative estimate of drug-likeness (QED) is 0.216. The molecule has 1 rings (SSSR count). The van der Waals surface area contributed by atoms with E-state index in [0.717, 1.165) is 4.90 Å². The van der Waals surface area contributed by atoms with Gasteiger partial charge in [0.05, 0.1) is 12.7 Å². The standard InChI is InChI=1S/C13H20ClIN2O6/c1-16-13(21)17(10-3-8(20)9(6-19)23-10)4-7(5-18)11(22-2)12(14)15/h4-5,8-12,19-20H,3,6H2,1-2H3,(H,16,21)/b7-4+/t8-,9+,10+,11?,12?/m0/s1. The summed E-state index contributed by atoms with van der Waals surface area (Å²) in [7, 11) is 2.83. The summed E-state index contributed by atoms with van der Waals surface area (Å²) in [6.07, 6.45) is -1.30. The number of hydrogen-bond acceptors (Lipinski definition) is 6. The fourth-order valence-corrected chi connectivity index (χ4v) is 3.13. The lowest BCUT2D eigenvalue weighted by Gasteiger charge is -2.27. The molecule has 1 aliphatic rings. The number of nitrogens with one attached hydrogen (secondary N) is 1. The van der Waals surface area contributed by atoms with Crippen LogP contribution in [-0.4, -0.2) is 76.1 Å². The van der Waals surface area contributed by atoms with Crippen LogP contribution >= 0.6 is 34.2 Å². The molecule has 23 heavy (non-hydrogen) atoms. The molecule has 8 nitrogen and oxygen atoms in total. The van der Waals surface area contributed by atoms with E-state index in [0.29, 0.717) is 6.29 Å². The Kier molecular flexibility index (Phi) is 8.72. The van der Waals surface area contributed by atoms with E-state index >= 15 is 0 Å². The van der Waals surface area contributed by atoms with Gasteiger partial charge in [-0.2, -0.15) is 0 Å². The molecule has 0 aromatic carbocycles. The molecule has 0 aromatic rings. The summed E-state index contributed by atoms with van der Waals surface area (Å²) in [6.45, 7) is -0.373. The van der Waals surface area contributed by atoms with Crippen molar-refractivity contribution < 1.29 is 29.3 Å². The number of aldehydes is 1. The number of aliphatic hydroxyl groups excluding tert-OH is 2. The van der Waals surface area contributed by atoms with E-state index in [4.69, 9.17) is 26.2 Å². The van der Waals surface area contributed by atoms with E-state index in [1.807, 2.05) is 22.6 Å². The van der Waals surface area contributed by atoms with Gasteiger partial charge in [-0.1, -0.05) is 22.6 Å². The van der Waals surface area contributed by atoms with Crippen molar-refractivity contribution in [3.8, 4) is 0 Å². The lowest BCUT2D eigenvalue weighted by molar-refractivity contribution is -0.106. The zero-order chi connectivity index (χ0) is 17.6. The van der Waals surface area contributed by atoms with Crippen molar-refractivity contribution in [1.29, 1.82) is 0 Å². The maximum absolute atomic E-state index is 12.1. The predicted octanol–water partition coefficient (Wildman–Crippen LogP) is 0.194. The Morgan fingerprint density at radius 1 is 1.65 bits per heavy atom. The zero-order valence-electron chi connectivity index (χ0n) is 12.7. The summed E-state index contributed by atoms with van der Waals surface area (Å²) >= 11 is 7.88. The number of methoxy groups -OCH3 is 1. The highest BCUT2D eigenvalue weighted by Gasteiger charge is 2.38. The zero-order valence-corrected chi connectivity index (χ0v) is 15.6. The number of nitrogens with zero attached hydrogens (tertiary/aromatic N) is 1. The number of carbonyl (C=O) groups excluding carboxylic acids is 2. The highest BCUT2D eigenvalue weighted by Crippen LogP contribution is 2.26. The third kappa shape index (κ3) is 5.26. The van der Waals surface area contributed by atoms with E-state index in [2.05, 4.69) is 5.32 Å². The molecular weight excluding hydrogens is 443 g/mol. The maximum atomic E-state index is 12.1. The lowest BCUT2D eigenvalue weighted by atomic mass is 10.1. The molecule has 0 aliphatic carbocycles. The van der Waals surface area contributed by atoms with Gasteiger partial charge in [-0.15, -0.1) is 11.6 Å². The minimum Gasteiger partial charge on any atom is -0.394 e. The Morgan fingerprint density at radius 2 is 2.30 bits per heavy atom. The van der Waals surface area contributed by atoms with Gasteiger partial charge in [0.15, 0.2) is 0 Å². The molecule has 10 heteroatoms. The van der Waals surface area contributed by atoms with Gasteiger partial charge in [0.1, 0.15) is 28.1 Å². The van der Waals surface area contributed by atoms with Gasteiger partial charge >= 0.3 is 6.03 Å². The first-order chi connectivity index (χ1) is 10.9. The Balaban J connectivity index is 3.09. The number of carbonyl (C=O) groups is 2. The van der Waals surface area contributed by atoms with E-state index in [9.17, 15) is 14.7 Å². The molecule has 1 fully saturated rings. The minimum absolute atomic E-state index is 0.105. The van der Waals surface area contributed by atoms with E-state index in [-0.39, 0.29) is 18.6 Å². The molecule has 0 saturated carbocycles. The third-order valence-electron chi connectivity index (χ3n) is 3.38. The number of hydrogen-bond donors (Lipinski definition) is 3. The van der Waals surface area contributed by atoms with Crippen molar-refractivity contribution in [2.24, 2.45) is 0 Å². The van der Waals surface area contributed by atoms with E-state index < -0.39 is 34.0 Å². The van der Waals surface area contributed by atoms with Gasteiger partial charge < -0.3 is 25.0 Å². The Labute approximate surface area is 152 Å². The van der Waals surface area contributed by atoms with Gasteiger partial charge in [-0.05, 0) is 0 Å². The summed E-state index contributed by atoms with van der Waals surface area (Å²) < 4.78 is 10.1. The summed E-state index contributed by atoms with van der Waals surface area (Å²) in [5.74, 6) is 0. The highest BCUT2D eigenvalue weighted by atomic mass is 127. The third-order valence-corrected chi connectivity index (χ3v) is 4.26. The van der Waals surface area contributed by atoms with Crippen molar-refractivity contribution >= 4 is 46.5 Å². The first-order valence-electron chi connectivity index (χ1n) is 6.81. The molecule has 132 valence electrons. The average Bonchev–Trinajstić information content (AvgIpc) is 2.90. The normalized spacial score (nSPS) is 27.4. The van der Waals surface area contributed by atoms with Crippen LogP contribution in [0.3, 0.4) is 0 Å². The Bertz CT molecular complexity index is 450. The summed E-state index contributed by atoms with van der Waals surface area (Å²) in [5, 5.41) is 21.4. The number of ether oxygens (including phenoxy) is 2. The number of aliphatic hydroxyl groups is 2. The van der Waals surface area contributed by atoms with Crippen molar-refractivity contribution in [2.75, 3.05) is 20.8 Å². The highest BCUT2D eigenvalue weighted by molar-refractivity contribution is 14.1. The van der Waals surface area contributed by atoms with E-state index in [1.165, 1.54) is 20.4 Å². The average molecular weight is 463 g/mol. The molecule has 5 atom stereocenters. The number of halogens is 2. The van der Waals surface area contributed by atoms with Crippen LogP contribution in [0, 0.1) is 0 Å². The van der Waals surface area contributed by atoms with Crippen molar-refractivity contribution in [3.63, 3.8) is 0 Å². The molecule has 0 bridgehead atoms. The van der Waals surface area contributed by atoms with Crippen molar-refractivity contribution in [2.45, 2.75) is 34.3 Å². The Hall–Kier alpha value is -0.460. The number of urea groups is 1. The van der Waals surface area contributed by atoms with Crippen LogP contribution in [0.5, 0.6) is 0 Å². The second-order valence-corrected chi connectivity index (χ2v) is 7.36. The number of rotatable bonds is 7. The lowest BCUT2D eigenvalue weighted by Crippen LogP contribution is -2.42. The van der Waals surface area contributed by atoms with Crippen LogP contribution in [-0.2, 0) is 14.3 Å². The van der Waals surface area contributed by atoms with E-state index in [1.54, 1.807) is 0 Å². The summed E-state index contributed by atoms with van der Waals surface area (Å²) in [6, 6.07) is -0.533. The van der Waals surface area contributed by atoms with Crippen molar-refractivity contribution in [1.82, 2.24) is 10.2 Å². The molecule has 1 heterocycles. The first kappa shape index (κ1) is 20.6. The maximum Gasteiger partial charge on any atom is 0.323 e. The van der Waals surface area contributed by atoms with Crippen LogP contribution in [0.4, 0.5) is 4.79 Å². The summed E-state index contributed by atoms with van der Waals surface area (Å²) in [5.41, 5.74) is 0.149. The molecule has 3 N–H and O–H groups in total. The van der Waals surface area contributed by atoms with Gasteiger partial charge in [0, 0.05) is 32.4 Å². The molecular formula is C13H20ClIN2O6. The number of amides is 2. The van der Waals surface area contributed by atoms with Gasteiger partial charge in [-0.25, -0.2) is 4.79 Å². The van der Waals surface area contributed by atoms with Crippen LogP contribution in [0.1, 0.15) is 6.42 Å². The van der Waals surface area contributed by atoms with Gasteiger partial charge in [0.2, 0.25) is 0 Å². The molecule has 0 aromatic heterocycles. The molecule has 2 amide bonds. The topological polar surface area (TPSA) is 108 Å². The van der Waals surface area contributed by atoms with Gasteiger partial charge in [0.25, 0.3) is 0 Å². The SMILES string of the molecule is CNC(=O)N(/C=C(\C=O)C(OC)C(Cl)I)[C@H]1C[C@H](O)[C@@H](CO)O1. The fourth-order valence-electron chi connectivity index (χ4n) is 2.17. The smallest absolute Gasteiger partial charge is 0.323 e. The second kappa shape index (κ2) is 9.74. The monoisotopic (exact) mass is 462 g/mol. The number of alkyl halides is 2. The van der Waals surface area contributed by atoms with Crippen LogP contribution < -0.4 is 5.32 Å². The molecule has 0 radical (unpaired) electrons. The molecule has 1 saturated heterocycles. The molecule has 2 unspecified atom stereocenters. The Morgan fingerprint density at radius 3 is 2.70 bits per heavy atom. The minimum atomic E-state index is -0.909. The predicted molar refractivity (Wildman–Crippen MR) is 91.3 cm³/mol. The second-order valence-electron chi connectivity index (χ2n) is 4.81. The van der Waals surface area contributed by atoms with Crippen LogP contribution in [0.15, 0.2) is 11.8 Å². The van der Waals surface area contributed by atoms with Crippen LogP contribution in [0.25, 0.3) is 0 Å². The summed E-state index contributed by atoms with van der Waals surface area (Å²) in [4.78, 5) is 24.6.